The van der Waals surface area contributed by atoms with Gasteiger partial charge in [0.2, 0.25) is 0 Å². The predicted molar refractivity (Wildman–Crippen MR) is 95.2 cm³/mol. The Kier molecular flexibility index (Phi) is 4.91. The van der Waals surface area contributed by atoms with Gasteiger partial charge in [-0.1, -0.05) is 48.5 Å². The molecule has 0 amide bonds. The Morgan fingerprint density at radius 3 is 2.17 bits per heavy atom. The fraction of sp³-hybridized carbons (Fsp3) is 0.200. The van der Waals surface area contributed by atoms with Gasteiger partial charge in [0.05, 0.1) is 0 Å². The Morgan fingerprint density at radius 2 is 1.43 bits per heavy atom. The monoisotopic (exact) mass is 306 g/mol. The van der Waals surface area contributed by atoms with Crippen LogP contribution in [0.25, 0.3) is 10.8 Å². The Hall–Kier alpha value is -2.36. The quantitative estimate of drug-likeness (QED) is 0.733. The third-order valence-electron chi connectivity index (χ3n) is 4.01. The molecule has 3 N–H and O–H groups in total. The standard InChI is InChI=1S/C20H22N2O/c21-11-12-22(14-16-6-9-20(23)10-7-16)15-17-5-8-18-3-1-2-4-19(18)13-17/h1-10,13,23H,11-12,14-15,21H2. The topological polar surface area (TPSA) is 49.5 Å². The highest BCUT2D eigenvalue weighted by Gasteiger charge is 2.07. The van der Waals surface area contributed by atoms with E-state index >= 15 is 0 Å². The molecule has 3 nitrogen and oxygen atoms in total. The number of hydrogen-bond donors (Lipinski definition) is 2. The van der Waals surface area contributed by atoms with Crippen molar-refractivity contribution >= 4 is 10.8 Å². The van der Waals surface area contributed by atoms with Crippen LogP contribution in [-0.4, -0.2) is 23.1 Å². The van der Waals surface area contributed by atoms with Crippen LogP contribution < -0.4 is 5.73 Å². The molecule has 0 spiro atoms. The molecule has 0 saturated carbocycles. The maximum Gasteiger partial charge on any atom is 0.115 e. The first-order chi connectivity index (χ1) is 11.2. The van der Waals surface area contributed by atoms with Crippen molar-refractivity contribution in [2.45, 2.75) is 13.1 Å². The highest BCUT2D eigenvalue weighted by molar-refractivity contribution is 5.82. The molecule has 0 aliphatic carbocycles. The summed E-state index contributed by atoms with van der Waals surface area (Å²) in [6.45, 7) is 3.16. The zero-order valence-corrected chi connectivity index (χ0v) is 13.2. The number of hydrogen-bond acceptors (Lipinski definition) is 3. The Balaban J connectivity index is 1.76. The number of phenols is 1. The van der Waals surface area contributed by atoms with Crippen molar-refractivity contribution in [3.63, 3.8) is 0 Å². The zero-order chi connectivity index (χ0) is 16.1. The summed E-state index contributed by atoms with van der Waals surface area (Å²) in [6, 6.07) is 22.4. The minimum atomic E-state index is 0.300. The molecule has 118 valence electrons. The summed E-state index contributed by atoms with van der Waals surface area (Å²) in [7, 11) is 0. The molecule has 3 heteroatoms. The van der Waals surface area contributed by atoms with Crippen molar-refractivity contribution in [1.29, 1.82) is 0 Å². The second-order valence-electron chi connectivity index (χ2n) is 5.85. The summed E-state index contributed by atoms with van der Waals surface area (Å²) in [4.78, 5) is 2.33. The van der Waals surface area contributed by atoms with Gasteiger partial charge in [0.15, 0.2) is 0 Å². The zero-order valence-electron chi connectivity index (χ0n) is 13.2. The minimum absolute atomic E-state index is 0.300. The van der Waals surface area contributed by atoms with Gasteiger partial charge in [-0.2, -0.15) is 0 Å². The first-order valence-electron chi connectivity index (χ1n) is 7.92. The van der Waals surface area contributed by atoms with Crippen LogP contribution >= 0.6 is 0 Å². The molecule has 0 aliphatic heterocycles. The van der Waals surface area contributed by atoms with Crippen LogP contribution in [0.1, 0.15) is 11.1 Å². The normalized spacial score (nSPS) is 11.2. The lowest BCUT2D eigenvalue weighted by Crippen LogP contribution is -2.28. The van der Waals surface area contributed by atoms with Gasteiger partial charge in [0.1, 0.15) is 5.75 Å². The van der Waals surface area contributed by atoms with Gasteiger partial charge in [0, 0.05) is 26.2 Å². The van der Waals surface area contributed by atoms with E-state index in [1.807, 2.05) is 12.1 Å². The first-order valence-corrected chi connectivity index (χ1v) is 7.92. The predicted octanol–water partition coefficient (Wildman–Crippen LogP) is 3.51. The van der Waals surface area contributed by atoms with Crippen molar-refractivity contribution in [2.24, 2.45) is 5.73 Å². The van der Waals surface area contributed by atoms with E-state index in [0.717, 1.165) is 19.6 Å². The van der Waals surface area contributed by atoms with E-state index in [4.69, 9.17) is 5.73 Å². The molecule has 23 heavy (non-hydrogen) atoms. The molecule has 0 aromatic heterocycles. The van der Waals surface area contributed by atoms with Crippen LogP contribution in [0.5, 0.6) is 5.75 Å². The Morgan fingerprint density at radius 1 is 0.783 bits per heavy atom. The molecule has 0 heterocycles. The number of benzene rings is 3. The Bertz CT molecular complexity index is 768. The maximum atomic E-state index is 9.40. The van der Waals surface area contributed by atoms with Crippen LogP contribution in [0.15, 0.2) is 66.7 Å². The van der Waals surface area contributed by atoms with Gasteiger partial charge in [-0.3, -0.25) is 4.90 Å². The van der Waals surface area contributed by atoms with Gasteiger partial charge in [-0.05, 0) is 40.1 Å². The number of fused-ring (bicyclic) bond motifs is 1. The second-order valence-corrected chi connectivity index (χ2v) is 5.85. The van der Waals surface area contributed by atoms with E-state index in [-0.39, 0.29) is 0 Å². The lowest BCUT2D eigenvalue weighted by Gasteiger charge is -2.22. The van der Waals surface area contributed by atoms with Gasteiger partial charge in [-0.15, -0.1) is 0 Å². The van der Waals surface area contributed by atoms with Crippen LogP contribution in [0.4, 0.5) is 0 Å². The molecule has 0 radical (unpaired) electrons. The smallest absolute Gasteiger partial charge is 0.115 e. The summed E-state index contributed by atoms with van der Waals surface area (Å²) >= 11 is 0. The summed E-state index contributed by atoms with van der Waals surface area (Å²) < 4.78 is 0. The van der Waals surface area contributed by atoms with E-state index in [2.05, 4.69) is 47.4 Å². The number of rotatable bonds is 6. The van der Waals surface area contributed by atoms with Crippen LogP contribution in [0.2, 0.25) is 0 Å². The lowest BCUT2D eigenvalue weighted by atomic mass is 10.1. The van der Waals surface area contributed by atoms with Crippen molar-refractivity contribution in [1.82, 2.24) is 4.90 Å². The third-order valence-corrected chi connectivity index (χ3v) is 4.01. The molecule has 0 aliphatic rings. The molecule has 0 atom stereocenters. The molecule has 0 saturated heterocycles. The van der Waals surface area contributed by atoms with Crippen molar-refractivity contribution < 1.29 is 5.11 Å². The highest BCUT2D eigenvalue weighted by Crippen LogP contribution is 2.18. The molecule has 3 rings (SSSR count). The summed E-state index contributed by atoms with van der Waals surface area (Å²) in [5.41, 5.74) is 8.24. The van der Waals surface area contributed by atoms with Crippen LogP contribution in [0, 0.1) is 0 Å². The molecule has 0 unspecified atom stereocenters. The molecular weight excluding hydrogens is 284 g/mol. The van der Waals surface area contributed by atoms with Crippen LogP contribution in [0.3, 0.4) is 0 Å². The van der Waals surface area contributed by atoms with Crippen molar-refractivity contribution in [2.75, 3.05) is 13.1 Å². The molecule has 0 bridgehead atoms. The summed E-state index contributed by atoms with van der Waals surface area (Å²) in [5, 5.41) is 11.9. The van der Waals surface area contributed by atoms with Gasteiger partial charge >= 0.3 is 0 Å². The van der Waals surface area contributed by atoms with E-state index in [1.165, 1.54) is 21.9 Å². The van der Waals surface area contributed by atoms with E-state index in [1.54, 1.807) is 12.1 Å². The summed E-state index contributed by atoms with van der Waals surface area (Å²) in [5.74, 6) is 0.300. The van der Waals surface area contributed by atoms with E-state index in [9.17, 15) is 5.11 Å². The molecule has 3 aromatic carbocycles. The number of nitrogens with zero attached hydrogens (tertiary/aromatic N) is 1. The van der Waals surface area contributed by atoms with E-state index < -0.39 is 0 Å². The number of aromatic hydroxyl groups is 1. The third kappa shape index (κ3) is 4.09. The SMILES string of the molecule is NCCN(Cc1ccc(O)cc1)Cc1ccc2ccccc2c1. The molecule has 3 aromatic rings. The van der Waals surface area contributed by atoms with Crippen molar-refractivity contribution in [3.8, 4) is 5.75 Å². The maximum absolute atomic E-state index is 9.40. The van der Waals surface area contributed by atoms with Gasteiger partial charge in [-0.25, -0.2) is 0 Å². The van der Waals surface area contributed by atoms with Gasteiger partial charge < -0.3 is 10.8 Å². The number of phenolic OH excluding ortho intramolecular Hbond substituents is 1. The van der Waals surface area contributed by atoms with E-state index in [0.29, 0.717) is 12.3 Å². The molecular formula is C20H22N2O. The average molecular weight is 306 g/mol. The highest BCUT2D eigenvalue weighted by atomic mass is 16.3. The average Bonchev–Trinajstić information content (AvgIpc) is 2.57. The largest absolute Gasteiger partial charge is 0.508 e. The van der Waals surface area contributed by atoms with Gasteiger partial charge in [0.25, 0.3) is 0 Å². The summed E-state index contributed by atoms with van der Waals surface area (Å²) in [6.07, 6.45) is 0. The number of nitrogens with two attached hydrogens (primary N) is 1. The minimum Gasteiger partial charge on any atom is -0.508 e. The second kappa shape index (κ2) is 7.27. The molecule has 0 fully saturated rings. The lowest BCUT2D eigenvalue weighted by molar-refractivity contribution is 0.264. The Labute approximate surface area is 137 Å². The van der Waals surface area contributed by atoms with Crippen molar-refractivity contribution in [3.05, 3.63) is 77.9 Å². The first kappa shape index (κ1) is 15.5. The van der Waals surface area contributed by atoms with Crippen LogP contribution in [-0.2, 0) is 13.1 Å². The fourth-order valence-electron chi connectivity index (χ4n) is 2.85. The fourth-order valence-corrected chi connectivity index (χ4v) is 2.85.